The van der Waals surface area contributed by atoms with E-state index in [1.165, 1.54) is 57.8 Å². The van der Waals surface area contributed by atoms with Gasteiger partial charge in [-0.3, -0.25) is 4.79 Å². The SMILES string of the molecule is O=C(c1ccccc1)[C@]12CCCC[C@@H]1[C@H]1CCCCCC[C@@H]12. The predicted molar refractivity (Wildman–Crippen MR) is 89.8 cm³/mol. The number of Topliss-reactive ketones (excluding diaryl/α,β-unsaturated/α-hetero) is 1. The molecule has 3 aliphatic rings. The summed E-state index contributed by atoms with van der Waals surface area (Å²) in [6, 6.07) is 10.1. The van der Waals surface area contributed by atoms with Gasteiger partial charge in [0.05, 0.1) is 0 Å². The van der Waals surface area contributed by atoms with Gasteiger partial charge in [-0.05, 0) is 43.4 Å². The lowest BCUT2D eigenvalue weighted by Crippen LogP contribution is -2.62. The molecule has 4 rings (SSSR count). The summed E-state index contributed by atoms with van der Waals surface area (Å²) in [5.41, 5.74) is 0.983. The van der Waals surface area contributed by atoms with E-state index in [0.717, 1.165) is 17.9 Å². The standard InChI is InChI=1S/C21H28O/c22-20(16-10-4-3-5-11-16)21-15-9-8-14-19(21)17-12-6-1-2-7-13-18(17)21/h3-5,10-11,17-19H,1-2,6-9,12-15H2/t17-,18-,19+,21-/m0/s1. The summed E-state index contributed by atoms with van der Waals surface area (Å²) in [5.74, 6) is 2.72. The van der Waals surface area contributed by atoms with Gasteiger partial charge in [0, 0.05) is 11.0 Å². The highest BCUT2D eigenvalue weighted by atomic mass is 16.1. The third-order valence-corrected chi connectivity index (χ3v) is 6.97. The first kappa shape index (κ1) is 14.5. The molecule has 0 unspecified atom stereocenters. The third-order valence-electron chi connectivity index (χ3n) is 6.97. The van der Waals surface area contributed by atoms with Crippen LogP contribution in [0.25, 0.3) is 0 Å². The van der Waals surface area contributed by atoms with Crippen molar-refractivity contribution in [1.82, 2.24) is 0 Å². The number of hydrogen-bond acceptors (Lipinski definition) is 1. The Hall–Kier alpha value is -1.11. The van der Waals surface area contributed by atoms with E-state index in [-0.39, 0.29) is 5.41 Å². The zero-order chi connectivity index (χ0) is 15.0. The molecule has 1 aromatic carbocycles. The first-order chi connectivity index (χ1) is 10.8. The molecule has 118 valence electrons. The molecule has 3 fully saturated rings. The zero-order valence-corrected chi connectivity index (χ0v) is 13.6. The highest BCUT2D eigenvalue weighted by Gasteiger charge is 2.64. The second kappa shape index (κ2) is 5.83. The maximum atomic E-state index is 13.4. The Morgan fingerprint density at radius 2 is 1.45 bits per heavy atom. The average Bonchev–Trinajstić information content (AvgIpc) is 2.54. The molecule has 0 radical (unpaired) electrons. The molecule has 3 aliphatic carbocycles. The molecule has 0 N–H and O–H groups in total. The van der Waals surface area contributed by atoms with E-state index in [4.69, 9.17) is 0 Å². The van der Waals surface area contributed by atoms with Gasteiger partial charge >= 0.3 is 0 Å². The molecule has 0 bridgehead atoms. The van der Waals surface area contributed by atoms with Crippen molar-refractivity contribution in [3.63, 3.8) is 0 Å². The Morgan fingerprint density at radius 1 is 0.818 bits per heavy atom. The predicted octanol–water partition coefficient (Wildman–Crippen LogP) is 5.65. The summed E-state index contributed by atoms with van der Waals surface area (Å²) in [6.45, 7) is 0. The fourth-order valence-corrected chi connectivity index (χ4v) is 6.11. The number of carbonyl (C=O) groups excluding carboxylic acids is 1. The van der Waals surface area contributed by atoms with E-state index < -0.39 is 0 Å². The lowest BCUT2D eigenvalue weighted by Gasteiger charge is -2.64. The summed E-state index contributed by atoms with van der Waals surface area (Å²) >= 11 is 0. The van der Waals surface area contributed by atoms with Crippen LogP contribution < -0.4 is 0 Å². The van der Waals surface area contributed by atoms with Gasteiger partial charge in [-0.15, -0.1) is 0 Å². The highest BCUT2D eigenvalue weighted by Crippen LogP contribution is 2.67. The number of carbonyl (C=O) groups is 1. The van der Waals surface area contributed by atoms with Crippen molar-refractivity contribution in [3.8, 4) is 0 Å². The molecule has 1 aromatic rings. The van der Waals surface area contributed by atoms with Crippen LogP contribution in [0, 0.1) is 23.2 Å². The fourth-order valence-electron chi connectivity index (χ4n) is 6.11. The molecule has 1 heteroatoms. The van der Waals surface area contributed by atoms with Crippen molar-refractivity contribution >= 4 is 5.78 Å². The Bertz CT molecular complexity index is 534. The summed E-state index contributed by atoms with van der Waals surface area (Å²) in [4.78, 5) is 13.4. The fraction of sp³-hybridized carbons (Fsp3) is 0.667. The van der Waals surface area contributed by atoms with Gasteiger partial charge in [0.1, 0.15) is 0 Å². The van der Waals surface area contributed by atoms with Gasteiger partial charge in [-0.1, -0.05) is 68.9 Å². The van der Waals surface area contributed by atoms with Crippen LogP contribution in [0.5, 0.6) is 0 Å². The molecule has 22 heavy (non-hydrogen) atoms. The normalized spacial score (nSPS) is 37.9. The van der Waals surface area contributed by atoms with Crippen LogP contribution in [0.1, 0.15) is 74.6 Å². The quantitative estimate of drug-likeness (QED) is 0.645. The van der Waals surface area contributed by atoms with Crippen LogP contribution in [0.3, 0.4) is 0 Å². The lowest BCUT2D eigenvalue weighted by molar-refractivity contribution is -0.128. The molecule has 0 aromatic heterocycles. The molecule has 0 heterocycles. The molecule has 0 saturated heterocycles. The topological polar surface area (TPSA) is 17.1 Å². The molecular formula is C21H28O. The van der Waals surface area contributed by atoms with E-state index in [1.54, 1.807) is 0 Å². The summed E-state index contributed by atoms with van der Waals surface area (Å²) in [6.07, 6.45) is 13.3. The van der Waals surface area contributed by atoms with Crippen molar-refractivity contribution < 1.29 is 4.79 Å². The molecule has 0 aliphatic heterocycles. The minimum Gasteiger partial charge on any atom is -0.294 e. The van der Waals surface area contributed by atoms with Crippen molar-refractivity contribution in [3.05, 3.63) is 35.9 Å². The Labute approximate surface area is 134 Å². The molecular weight excluding hydrogens is 268 g/mol. The van der Waals surface area contributed by atoms with Crippen molar-refractivity contribution in [2.45, 2.75) is 64.2 Å². The first-order valence-electron chi connectivity index (χ1n) is 9.44. The monoisotopic (exact) mass is 296 g/mol. The van der Waals surface area contributed by atoms with E-state index in [1.807, 2.05) is 30.3 Å². The zero-order valence-electron chi connectivity index (χ0n) is 13.6. The largest absolute Gasteiger partial charge is 0.294 e. The maximum absolute atomic E-state index is 13.4. The van der Waals surface area contributed by atoms with Crippen molar-refractivity contribution in [1.29, 1.82) is 0 Å². The second-order valence-electron chi connectivity index (χ2n) is 7.85. The average molecular weight is 296 g/mol. The number of fused-ring (bicyclic) bond motifs is 4. The van der Waals surface area contributed by atoms with Gasteiger partial charge < -0.3 is 0 Å². The molecule has 1 nitrogen and oxygen atoms in total. The van der Waals surface area contributed by atoms with Crippen LogP contribution >= 0.6 is 0 Å². The van der Waals surface area contributed by atoms with Gasteiger partial charge in [0.2, 0.25) is 0 Å². The third kappa shape index (κ3) is 2.08. The van der Waals surface area contributed by atoms with E-state index in [0.29, 0.717) is 17.6 Å². The van der Waals surface area contributed by atoms with E-state index in [9.17, 15) is 4.79 Å². The van der Waals surface area contributed by atoms with Gasteiger partial charge in [0.25, 0.3) is 0 Å². The van der Waals surface area contributed by atoms with Gasteiger partial charge in [-0.2, -0.15) is 0 Å². The number of hydrogen-bond donors (Lipinski definition) is 0. The number of benzene rings is 1. The Balaban J connectivity index is 1.68. The molecule has 0 spiro atoms. The maximum Gasteiger partial charge on any atom is 0.169 e. The molecule has 0 amide bonds. The van der Waals surface area contributed by atoms with Crippen LogP contribution in [0.4, 0.5) is 0 Å². The van der Waals surface area contributed by atoms with Crippen LogP contribution in [0.15, 0.2) is 30.3 Å². The van der Waals surface area contributed by atoms with Crippen molar-refractivity contribution in [2.24, 2.45) is 23.2 Å². The van der Waals surface area contributed by atoms with Gasteiger partial charge in [0.15, 0.2) is 5.78 Å². The van der Waals surface area contributed by atoms with Crippen LogP contribution in [-0.4, -0.2) is 5.78 Å². The van der Waals surface area contributed by atoms with Crippen LogP contribution in [0.2, 0.25) is 0 Å². The first-order valence-corrected chi connectivity index (χ1v) is 9.44. The highest BCUT2D eigenvalue weighted by molar-refractivity contribution is 6.01. The van der Waals surface area contributed by atoms with Crippen LogP contribution in [-0.2, 0) is 0 Å². The lowest BCUT2D eigenvalue weighted by atomic mass is 9.39. The molecule has 3 saturated carbocycles. The van der Waals surface area contributed by atoms with E-state index >= 15 is 0 Å². The Morgan fingerprint density at radius 3 is 2.18 bits per heavy atom. The summed E-state index contributed by atoms with van der Waals surface area (Å²) < 4.78 is 0. The smallest absolute Gasteiger partial charge is 0.169 e. The summed E-state index contributed by atoms with van der Waals surface area (Å²) in [7, 11) is 0. The van der Waals surface area contributed by atoms with Gasteiger partial charge in [-0.25, -0.2) is 0 Å². The minimum atomic E-state index is 0.0155. The number of ketones is 1. The van der Waals surface area contributed by atoms with Crippen molar-refractivity contribution in [2.75, 3.05) is 0 Å². The minimum absolute atomic E-state index is 0.0155. The second-order valence-corrected chi connectivity index (χ2v) is 7.85. The Kier molecular flexibility index (Phi) is 3.84. The number of rotatable bonds is 2. The summed E-state index contributed by atoms with van der Waals surface area (Å²) in [5, 5.41) is 0. The van der Waals surface area contributed by atoms with E-state index in [2.05, 4.69) is 0 Å². The molecule has 4 atom stereocenters.